The summed E-state index contributed by atoms with van der Waals surface area (Å²) in [5.74, 6) is 0.668. The maximum Gasteiger partial charge on any atom is 0.410 e. The van der Waals surface area contributed by atoms with Gasteiger partial charge in [0, 0.05) is 13.1 Å². The predicted molar refractivity (Wildman–Crippen MR) is 124 cm³/mol. The van der Waals surface area contributed by atoms with Crippen molar-refractivity contribution in [1.29, 1.82) is 0 Å². The van der Waals surface area contributed by atoms with Crippen LogP contribution in [0.25, 0.3) is 0 Å². The minimum absolute atomic E-state index is 0.0559. The third-order valence-corrected chi connectivity index (χ3v) is 5.55. The number of methoxy groups -OCH3 is 1. The van der Waals surface area contributed by atoms with Crippen LogP contribution in [0.1, 0.15) is 95.6 Å². The van der Waals surface area contributed by atoms with Gasteiger partial charge in [0.05, 0.1) is 18.7 Å². The second kappa shape index (κ2) is 9.49. The van der Waals surface area contributed by atoms with E-state index in [-0.39, 0.29) is 29.4 Å². The molecular weight excluding hydrogens is 392 g/mol. The Morgan fingerprint density at radius 3 is 2.32 bits per heavy atom. The molecule has 0 spiro atoms. The fourth-order valence-electron chi connectivity index (χ4n) is 3.98. The lowest BCUT2D eigenvalue weighted by Crippen LogP contribution is -2.45. The van der Waals surface area contributed by atoms with Crippen molar-refractivity contribution in [3.05, 3.63) is 28.8 Å². The first kappa shape index (κ1) is 25.0. The molecule has 1 heterocycles. The second-order valence-corrected chi connectivity index (χ2v) is 10.7. The Kier molecular flexibility index (Phi) is 7.66. The zero-order valence-corrected chi connectivity index (χ0v) is 20.7. The Morgan fingerprint density at radius 2 is 1.81 bits per heavy atom. The molecule has 31 heavy (non-hydrogen) atoms. The first-order chi connectivity index (χ1) is 14.2. The molecule has 1 fully saturated rings. The number of amides is 2. The SMILES string of the molecule is COc1cc(C(C)(C)C)c(C(C)C)cc1C(=O)NC[C@@H]1CCCN1C(=O)OC(C)(C)C. The summed E-state index contributed by atoms with van der Waals surface area (Å²) in [5, 5.41) is 3.02. The normalized spacial score (nSPS) is 17.1. The van der Waals surface area contributed by atoms with Gasteiger partial charge in [0.25, 0.3) is 5.91 Å². The summed E-state index contributed by atoms with van der Waals surface area (Å²) < 4.78 is 11.1. The molecule has 0 unspecified atom stereocenters. The van der Waals surface area contributed by atoms with E-state index >= 15 is 0 Å². The molecule has 1 aliphatic heterocycles. The van der Waals surface area contributed by atoms with Crippen LogP contribution in [0.3, 0.4) is 0 Å². The van der Waals surface area contributed by atoms with Crippen molar-refractivity contribution in [2.75, 3.05) is 20.2 Å². The van der Waals surface area contributed by atoms with Crippen molar-refractivity contribution in [3.63, 3.8) is 0 Å². The third-order valence-electron chi connectivity index (χ3n) is 5.55. The Labute approximate surface area is 187 Å². The molecule has 1 atom stereocenters. The number of carbonyl (C=O) groups is 2. The zero-order chi connectivity index (χ0) is 23.6. The number of carbonyl (C=O) groups excluding carboxylic acids is 2. The molecule has 174 valence electrons. The highest BCUT2D eigenvalue weighted by Gasteiger charge is 2.33. The zero-order valence-electron chi connectivity index (χ0n) is 20.7. The summed E-state index contributed by atoms with van der Waals surface area (Å²) in [4.78, 5) is 27.3. The average molecular weight is 433 g/mol. The van der Waals surface area contributed by atoms with Crippen molar-refractivity contribution in [2.45, 2.75) is 91.2 Å². The minimum Gasteiger partial charge on any atom is -0.496 e. The molecule has 2 amide bonds. The van der Waals surface area contributed by atoms with Crippen LogP contribution >= 0.6 is 0 Å². The lowest BCUT2D eigenvalue weighted by atomic mass is 9.79. The van der Waals surface area contributed by atoms with Crippen LogP contribution in [0.2, 0.25) is 0 Å². The van der Waals surface area contributed by atoms with Gasteiger partial charge >= 0.3 is 6.09 Å². The van der Waals surface area contributed by atoms with Gasteiger partial charge in [-0.2, -0.15) is 0 Å². The highest BCUT2D eigenvalue weighted by Crippen LogP contribution is 2.35. The molecule has 1 saturated heterocycles. The minimum atomic E-state index is -0.539. The van der Waals surface area contributed by atoms with E-state index in [0.717, 1.165) is 18.4 Å². The van der Waals surface area contributed by atoms with E-state index in [9.17, 15) is 9.59 Å². The first-order valence-corrected chi connectivity index (χ1v) is 11.2. The van der Waals surface area contributed by atoms with Crippen LogP contribution < -0.4 is 10.1 Å². The summed E-state index contributed by atoms with van der Waals surface area (Å²) in [6.07, 6.45) is 1.43. The molecule has 1 aromatic rings. The lowest BCUT2D eigenvalue weighted by Gasteiger charge is -2.29. The Bertz CT molecular complexity index is 803. The highest BCUT2D eigenvalue weighted by atomic mass is 16.6. The van der Waals surface area contributed by atoms with Gasteiger partial charge in [0.2, 0.25) is 0 Å². The maximum atomic E-state index is 13.1. The molecule has 0 aromatic heterocycles. The van der Waals surface area contributed by atoms with E-state index in [1.807, 2.05) is 32.9 Å². The van der Waals surface area contributed by atoms with Gasteiger partial charge in [0.15, 0.2) is 0 Å². The quantitative estimate of drug-likeness (QED) is 0.690. The molecule has 0 radical (unpaired) electrons. The fraction of sp³-hybridized carbons (Fsp3) is 0.680. The number of nitrogens with one attached hydrogen (secondary N) is 1. The smallest absolute Gasteiger partial charge is 0.410 e. The van der Waals surface area contributed by atoms with Crippen molar-refractivity contribution >= 4 is 12.0 Å². The number of ether oxygens (including phenoxy) is 2. The molecule has 0 aliphatic carbocycles. The second-order valence-electron chi connectivity index (χ2n) is 10.7. The highest BCUT2D eigenvalue weighted by molar-refractivity contribution is 5.97. The number of hydrogen-bond donors (Lipinski definition) is 1. The number of benzene rings is 1. The van der Waals surface area contributed by atoms with E-state index < -0.39 is 5.60 Å². The van der Waals surface area contributed by atoms with E-state index in [1.54, 1.807) is 12.0 Å². The summed E-state index contributed by atoms with van der Waals surface area (Å²) >= 11 is 0. The summed E-state index contributed by atoms with van der Waals surface area (Å²) in [6, 6.07) is 3.88. The van der Waals surface area contributed by atoms with Crippen LogP contribution in [0.4, 0.5) is 4.79 Å². The van der Waals surface area contributed by atoms with E-state index in [4.69, 9.17) is 9.47 Å². The number of rotatable bonds is 5. The molecule has 2 rings (SSSR count). The van der Waals surface area contributed by atoms with Gasteiger partial charge in [-0.3, -0.25) is 4.79 Å². The summed E-state index contributed by atoms with van der Waals surface area (Å²) in [7, 11) is 1.59. The fourth-order valence-corrected chi connectivity index (χ4v) is 3.98. The van der Waals surface area contributed by atoms with Gasteiger partial charge in [0.1, 0.15) is 11.4 Å². The van der Waals surface area contributed by atoms with Crippen LogP contribution in [-0.4, -0.2) is 48.7 Å². The van der Waals surface area contributed by atoms with E-state index in [0.29, 0.717) is 24.4 Å². The largest absolute Gasteiger partial charge is 0.496 e. The van der Waals surface area contributed by atoms with Crippen molar-refractivity contribution < 1.29 is 19.1 Å². The monoisotopic (exact) mass is 432 g/mol. The number of nitrogens with zero attached hydrogens (tertiary/aromatic N) is 1. The molecule has 0 bridgehead atoms. The van der Waals surface area contributed by atoms with Crippen LogP contribution in [0.15, 0.2) is 12.1 Å². The molecule has 1 aliphatic rings. The van der Waals surface area contributed by atoms with Gasteiger partial charge in [-0.25, -0.2) is 4.79 Å². The number of hydrogen-bond acceptors (Lipinski definition) is 4. The predicted octanol–water partition coefficient (Wildman–Crippen LogP) is 5.25. The number of likely N-dealkylation sites (tertiary alicyclic amines) is 1. The van der Waals surface area contributed by atoms with E-state index in [2.05, 4.69) is 39.9 Å². The average Bonchev–Trinajstić information content (AvgIpc) is 3.11. The topological polar surface area (TPSA) is 67.9 Å². The van der Waals surface area contributed by atoms with Crippen molar-refractivity contribution in [2.24, 2.45) is 0 Å². The summed E-state index contributed by atoms with van der Waals surface area (Å²) in [6.45, 7) is 17.4. The van der Waals surface area contributed by atoms with Crippen LogP contribution in [0.5, 0.6) is 5.75 Å². The van der Waals surface area contributed by atoms with E-state index in [1.165, 1.54) is 5.56 Å². The molecule has 0 saturated carbocycles. The molecule has 6 nitrogen and oxygen atoms in total. The molecule has 1 aromatic carbocycles. The summed E-state index contributed by atoms with van der Waals surface area (Å²) in [5.41, 5.74) is 2.27. The third kappa shape index (κ3) is 6.37. The van der Waals surface area contributed by atoms with Crippen LogP contribution in [0, 0.1) is 0 Å². The van der Waals surface area contributed by atoms with Crippen LogP contribution in [-0.2, 0) is 10.2 Å². The lowest BCUT2D eigenvalue weighted by molar-refractivity contribution is 0.0225. The van der Waals surface area contributed by atoms with Gasteiger partial charge in [-0.1, -0.05) is 34.6 Å². The van der Waals surface area contributed by atoms with Crippen molar-refractivity contribution in [1.82, 2.24) is 10.2 Å². The van der Waals surface area contributed by atoms with Gasteiger partial charge in [-0.15, -0.1) is 0 Å². The maximum absolute atomic E-state index is 13.1. The molecule has 1 N–H and O–H groups in total. The van der Waals surface area contributed by atoms with Crippen molar-refractivity contribution in [3.8, 4) is 5.75 Å². The molecule has 6 heteroatoms. The Morgan fingerprint density at radius 1 is 1.16 bits per heavy atom. The molecular formula is C25H40N2O4. The Hall–Kier alpha value is -2.24. The standard InChI is InChI=1S/C25H40N2O4/c1-16(2)18-13-19(21(30-9)14-20(18)24(3,4)5)22(28)26-15-17-11-10-12-27(17)23(29)31-25(6,7)8/h13-14,16-17H,10-12,15H2,1-9H3,(H,26,28)/t17-/m0/s1. The van der Waals surface area contributed by atoms with Gasteiger partial charge < -0.3 is 19.7 Å². The first-order valence-electron chi connectivity index (χ1n) is 11.2. The Balaban J connectivity index is 2.20. The van der Waals surface area contributed by atoms with Gasteiger partial charge in [-0.05, 0) is 68.2 Å².